The number of anilines is 3. The van der Waals surface area contributed by atoms with Crippen molar-refractivity contribution in [3.8, 4) is 17.7 Å². The zero-order chi connectivity index (χ0) is 19.9. The van der Waals surface area contributed by atoms with Crippen molar-refractivity contribution in [1.29, 1.82) is 5.26 Å². The zero-order valence-corrected chi connectivity index (χ0v) is 15.0. The van der Waals surface area contributed by atoms with Crippen molar-refractivity contribution in [3.05, 3.63) is 71.8 Å². The lowest BCUT2D eigenvalue weighted by molar-refractivity contribution is 0.0537. The molecule has 140 valence electrons. The maximum absolute atomic E-state index is 11.7. The molecule has 0 radical (unpaired) electrons. The molecule has 1 aromatic heterocycles. The molecule has 8 nitrogen and oxygen atoms in total. The highest BCUT2D eigenvalue weighted by molar-refractivity contribution is 5.93. The maximum Gasteiger partial charge on any atom is 0.274 e. The van der Waals surface area contributed by atoms with Gasteiger partial charge in [-0.05, 0) is 36.4 Å². The average molecular weight is 375 g/mol. The summed E-state index contributed by atoms with van der Waals surface area (Å²) in [5.41, 5.74) is 9.74. The molecule has 1 heterocycles. The summed E-state index contributed by atoms with van der Waals surface area (Å²) in [7, 11) is 1.36. The molecule has 3 aromatic rings. The van der Waals surface area contributed by atoms with E-state index in [1.807, 2.05) is 24.3 Å². The van der Waals surface area contributed by atoms with Crippen molar-refractivity contribution >= 4 is 23.1 Å². The number of nitriles is 1. The van der Waals surface area contributed by atoms with Crippen molar-refractivity contribution in [2.45, 2.75) is 0 Å². The van der Waals surface area contributed by atoms with E-state index in [0.717, 1.165) is 0 Å². The Balaban J connectivity index is 1.84. The highest BCUT2D eigenvalue weighted by Crippen LogP contribution is 2.30. The predicted octanol–water partition coefficient (Wildman–Crippen LogP) is 3.36. The molecule has 8 heteroatoms. The monoisotopic (exact) mass is 375 g/mol. The van der Waals surface area contributed by atoms with Gasteiger partial charge < -0.3 is 15.8 Å². The van der Waals surface area contributed by atoms with Crippen molar-refractivity contribution in [2.24, 2.45) is 0 Å². The number of nitrogens with zero attached hydrogens (tertiary/aromatic N) is 2. The van der Waals surface area contributed by atoms with Gasteiger partial charge >= 0.3 is 0 Å². The van der Waals surface area contributed by atoms with Crippen LogP contribution in [0, 0.1) is 11.3 Å². The molecule has 0 saturated carbocycles. The normalized spacial score (nSPS) is 10.0. The molecule has 2 aromatic carbocycles. The molecule has 3 rings (SSSR count). The predicted molar refractivity (Wildman–Crippen MR) is 104 cm³/mol. The van der Waals surface area contributed by atoms with Crippen LogP contribution in [-0.2, 0) is 4.84 Å². The minimum atomic E-state index is -0.353. The third kappa shape index (κ3) is 4.35. The molecule has 4 N–H and O–H groups in total. The fraction of sp³-hybridized carbons (Fsp3) is 0.0500. The number of nitrogens with two attached hydrogens (primary N) is 1. The first-order valence-electron chi connectivity index (χ1n) is 8.24. The summed E-state index contributed by atoms with van der Waals surface area (Å²) < 4.78 is 5.72. The van der Waals surface area contributed by atoms with Crippen molar-refractivity contribution in [2.75, 3.05) is 18.2 Å². The largest absolute Gasteiger partial charge is 0.438 e. The van der Waals surface area contributed by atoms with E-state index < -0.39 is 0 Å². The number of hydrogen-bond donors (Lipinski definition) is 3. The second kappa shape index (κ2) is 8.53. The number of benzene rings is 2. The number of amides is 1. The van der Waals surface area contributed by atoms with E-state index >= 15 is 0 Å². The van der Waals surface area contributed by atoms with E-state index in [4.69, 9.17) is 10.5 Å². The first-order chi connectivity index (χ1) is 13.6. The Kier molecular flexibility index (Phi) is 5.69. The number of nitrogen functional groups attached to an aromatic ring is 1. The van der Waals surface area contributed by atoms with Crippen LogP contribution in [-0.4, -0.2) is 18.0 Å². The van der Waals surface area contributed by atoms with Gasteiger partial charge in [0.25, 0.3) is 5.91 Å². The first-order valence-corrected chi connectivity index (χ1v) is 8.24. The summed E-state index contributed by atoms with van der Waals surface area (Å²) >= 11 is 0. The van der Waals surface area contributed by atoms with Gasteiger partial charge in [0.15, 0.2) is 0 Å². The Labute approximate surface area is 161 Å². The molecule has 0 aliphatic rings. The van der Waals surface area contributed by atoms with Crippen LogP contribution in [0.4, 0.5) is 17.2 Å². The summed E-state index contributed by atoms with van der Waals surface area (Å²) in [6.07, 6.45) is 0. The molecule has 0 atom stereocenters. The standard InChI is InChI=1S/C20H17N5O3/c1-27-25-19(26)13-7-9-14(10-8-13)23-18-11-17(22)16(12-21)20(24-18)28-15-5-3-2-4-6-15/h2-11H,1H3,(H,25,26)(H3,22,23,24). The number of rotatable bonds is 6. The van der Waals surface area contributed by atoms with Crippen molar-refractivity contribution in [3.63, 3.8) is 0 Å². The summed E-state index contributed by atoms with van der Waals surface area (Å²) in [4.78, 5) is 20.7. The zero-order valence-electron chi connectivity index (χ0n) is 15.0. The van der Waals surface area contributed by atoms with Crippen molar-refractivity contribution < 1.29 is 14.4 Å². The van der Waals surface area contributed by atoms with E-state index in [-0.39, 0.29) is 23.0 Å². The quantitative estimate of drug-likeness (QED) is 0.565. The number of para-hydroxylation sites is 1. The van der Waals surface area contributed by atoms with Crippen LogP contribution in [0.5, 0.6) is 11.6 Å². The maximum atomic E-state index is 11.7. The van der Waals surface area contributed by atoms with Crippen LogP contribution in [0.3, 0.4) is 0 Å². The van der Waals surface area contributed by atoms with Gasteiger partial charge in [0, 0.05) is 17.3 Å². The SMILES string of the molecule is CONC(=O)c1ccc(Nc2cc(N)c(C#N)c(Oc3ccccc3)n2)cc1. The van der Waals surface area contributed by atoms with Crippen LogP contribution < -0.4 is 21.3 Å². The first kappa shape index (κ1) is 18.7. The lowest BCUT2D eigenvalue weighted by atomic mass is 10.2. The number of aromatic nitrogens is 1. The van der Waals surface area contributed by atoms with Gasteiger partial charge in [-0.1, -0.05) is 18.2 Å². The number of ether oxygens (including phenoxy) is 1. The topological polar surface area (TPSA) is 122 Å². The number of carbonyl (C=O) groups is 1. The van der Waals surface area contributed by atoms with Gasteiger partial charge in [0.05, 0.1) is 12.8 Å². The molecule has 0 spiro atoms. The molecule has 1 amide bonds. The van der Waals surface area contributed by atoms with E-state index in [0.29, 0.717) is 22.8 Å². The third-order valence-corrected chi connectivity index (χ3v) is 3.70. The third-order valence-electron chi connectivity index (χ3n) is 3.70. The number of nitrogens with one attached hydrogen (secondary N) is 2. The molecule has 0 bridgehead atoms. The van der Waals surface area contributed by atoms with Gasteiger partial charge in [0.2, 0.25) is 5.88 Å². The lowest BCUT2D eigenvalue weighted by Crippen LogP contribution is -2.21. The highest BCUT2D eigenvalue weighted by Gasteiger charge is 2.13. The summed E-state index contributed by atoms with van der Waals surface area (Å²) in [6.45, 7) is 0. The molecule has 0 aliphatic heterocycles. The van der Waals surface area contributed by atoms with E-state index in [1.54, 1.807) is 42.5 Å². The van der Waals surface area contributed by atoms with E-state index in [1.165, 1.54) is 7.11 Å². The van der Waals surface area contributed by atoms with E-state index in [2.05, 4.69) is 20.6 Å². The number of carbonyl (C=O) groups excluding carboxylic acids is 1. The molecular formula is C20H17N5O3. The Hall–Kier alpha value is -4.09. The molecular weight excluding hydrogens is 358 g/mol. The number of hydrogen-bond acceptors (Lipinski definition) is 7. The molecule has 28 heavy (non-hydrogen) atoms. The smallest absolute Gasteiger partial charge is 0.274 e. The average Bonchev–Trinajstić information content (AvgIpc) is 2.69. The Morgan fingerprint density at radius 2 is 1.86 bits per heavy atom. The molecule has 0 unspecified atom stereocenters. The van der Waals surface area contributed by atoms with Crippen LogP contribution in [0.1, 0.15) is 15.9 Å². The fourth-order valence-electron chi connectivity index (χ4n) is 2.40. The lowest BCUT2D eigenvalue weighted by Gasteiger charge is -2.12. The summed E-state index contributed by atoms with van der Waals surface area (Å²) in [5.74, 6) is 0.689. The fourth-order valence-corrected chi connectivity index (χ4v) is 2.40. The second-order valence-corrected chi connectivity index (χ2v) is 5.64. The van der Waals surface area contributed by atoms with Gasteiger partial charge in [-0.2, -0.15) is 10.2 Å². The summed E-state index contributed by atoms with van der Waals surface area (Å²) in [5, 5.41) is 12.4. The number of hydroxylamine groups is 1. The minimum Gasteiger partial charge on any atom is -0.438 e. The Bertz CT molecular complexity index is 1010. The van der Waals surface area contributed by atoms with Crippen LogP contribution in [0.25, 0.3) is 0 Å². The summed E-state index contributed by atoms with van der Waals surface area (Å²) in [6, 6.07) is 19.2. The van der Waals surface area contributed by atoms with Gasteiger partial charge in [-0.3, -0.25) is 9.63 Å². The molecule has 0 fully saturated rings. The highest BCUT2D eigenvalue weighted by atomic mass is 16.6. The van der Waals surface area contributed by atoms with E-state index in [9.17, 15) is 10.1 Å². The van der Waals surface area contributed by atoms with Gasteiger partial charge in [-0.25, -0.2) is 5.48 Å². The van der Waals surface area contributed by atoms with Gasteiger partial charge in [-0.15, -0.1) is 0 Å². The molecule has 0 saturated heterocycles. The Morgan fingerprint density at radius 1 is 1.14 bits per heavy atom. The number of pyridine rings is 1. The van der Waals surface area contributed by atoms with Crippen LogP contribution in [0.2, 0.25) is 0 Å². The van der Waals surface area contributed by atoms with Gasteiger partial charge in [0.1, 0.15) is 23.2 Å². The molecule has 0 aliphatic carbocycles. The minimum absolute atomic E-state index is 0.104. The van der Waals surface area contributed by atoms with Crippen molar-refractivity contribution in [1.82, 2.24) is 10.5 Å². The van der Waals surface area contributed by atoms with Crippen LogP contribution in [0.15, 0.2) is 60.7 Å². The van der Waals surface area contributed by atoms with Crippen LogP contribution >= 0.6 is 0 Å². The second-order valence-electron chi connectivity index (χ2n) is 5.64. The Morgan fingerprint density at radius 3 is 2.50 bits per heavy atom.